The lowest BCUT2D eigenvalue weighted by atomic mass is 9.97. The van der Waals surface area contributed by atoms with E-state index in [9.17, 15) is 4.79 Å². The standard InChI is InChI=1S/C23H22N4O2S2/c1-16-24-19(14-30-16)13-20-25-26-23(29-20)31-15-21(28)27(2)22(17-9-5-3-6-10-17)18-11-7-4-8-12-18/h3-12,14,22H,13,15H2,1-2H3. The van der Waals surface area contributed by atoms with Crippen LogP contribution in [0.1, 0.15) is 33.8 Å². The minimum atomic E-state index is -0.165. The molecule has 31 heavy (non-hydrogen) atoms. The first-order valence-corrected chi connectivity index (χ1v) is 11.7. The zero-order valence-electron chi connectivity index (χ0n) is 17.3. The Balaban J connectivity index is 1.42. The van der Waals surface area contributed by atoms with Crippen molar-refractivity contribution in [2.75, 3.05) is 12.8 Å². The molecule has 2 aromatic heterocycles. The van der Waals surface area contributed by atoms with E-state index in [1.54, 1.807) is 16.2 Å². The normalized spacial score (nSPS) is 11.1. The Morgan fingerprint density at radius 2 is 1.71 bits per heavy atom. The van der Waals surface area contributed by atoms with Crippen LogP contribution in [0.3, 0.4) is 0 Å². The van der Waals surface area contributed by atoms with Crippen molar-refractivity contribution in [3.8, 4) is 0 Å². The van der Waals surface area contributed by atoms with Crippen LogP contribution in [-0.4, -0.2) is 38.8 Å². The molecule has 0 saturated heterocycles. The van der Waals surface area contributed by atoms with Crippen molar-refractivity contribution in [2.24, 2.45) is 0 Å². The molecule has 0 bridgehead atoms. The number of rotatable bonds is 8. The predicted molar refractivity (Wildman–Crippen MR) is 122 cm³/mol. The minimum Gasteiger partial charge on any atom is -0.416 e. The van der Waals surface area contributed by atoms with Crippen LogP contribution >= 0.6 is 23.1 Å². The van der Waals surface area contributed by atoms with Crippen LogP contribution in [0, 0.1) is 6.92 Å². The number of aromatic nitrogens is 3. The number of carbonyl (C=O) groups excluding carboxylic acids is 1. The first kappa shape index (κ1) is 21.3. The molecular weight excluding hydrogens is 428 g/mol. The highest BCUT2D eigenvalue weighted by molar-refractivity contribution is 7.99. The molecule has 6 nitrogen and oxygen atoms in total. The van der Waals surface area contributed by atoms with Crippen molar-refractivity contribution >= 4 is 29.0 Å². The molecule has 0 aliphatic rings. The molecule has 0 N–H and O–H groups in total. The van der Waals surface area contributed by atoms with E-state index in [-0.39, 0.29) is 17.7 Å². The largest absolute Gasteiger partial charge is 0.416 e. The van der Waals surface area contributed by atoms with Gasteiger partial charge >= 0.3 is 0 Å². The molecule has 0 atom stereocenters. The molecule has 1 amide bonds. The molecule has 158 valence electrons. The van der Waals surface area contributed by atoms with Crippen molar-refractivity contribution in [1.29, 1.82) is 0 Å². The summed E-state index contributed by atoms with van der Waals surface area (Å²) in [6.45, 7) is 1.96. The Hall–Kier alpha value is -2.97. The second-order valence-corrected chi connectivity index (χ2v) is 9.00. The molecule has 8 heteroatoms. The van der Waals surface area contributed by atoms with Crippen LogP contribution in [0.5, 0.6) is 0 Å². The van der Waals surface area contributed by atoms with E-state index >= 15 is 0 Å². The fourth-order valence-corrected chi connectivity index (χ4v) is 4.61. The van der Waals surface area contributed by atoms with Crippen LogP contribution in [0.25, 0.3) is 0 Å². The third-order valence-electron chi connectivity index (χ3n) is 4.78. The summed E-state index contributed by atoms with van der Waals surface area (Å²) in [6.07, 6.45) is 0.496. The average molecular weight is 451 g/mol. The number of thiazole rings is 1. The molecule has 0 fully saturated rings. The fourth-order valence-electron chi connectivity index (χ4n) is 3.29. The van der Waals surface area contributed by atoms with Gasteiger partial charge in [-0.3, -0.25) is 4.79 Å². The SMILES string of the molecule is Cc1nc(Cc2nnc(SCC(=O)N(C)C(c3ccccc3)c3ccccc3)o2)cs1. The third-order valence-corrected chi connectivity index (χ3v) is 6.40. The molecule has 4 rings (SSSR count). The van der Waals surface area contributed by atoms with Gasteiger partial charge in [0.2, 0.25) is 11.8 Å². The van der Waals surface area contributed by atoms with E-state index in [2.05, 4.69) is 15.2 Å². The van der Waals surface area contributed by atoms with Gasteiger partial charge in [0, 0.05) is 12.4 Å². The second kappa shape index (κ2) is 9.89. The average Bonchev–Trinajstić information content (AvgIpc) is 3.42. The van der Waals surface area contributed by atoms with Gasteiger partial charge in [-0.1, -0.05) is 72.4 Å². The van der Waals surface area contributed by atoms with Crippen molar-refractivity contribution in [3.63, 3.8) is 0 Å². The maximum absolute atomic E-state index is 13.0. The van der Waals surface area contributed by atoms with Crippen LogP contribution in [0.15, 0.2) is 75.7 Å². The first-order chi connectivity index (χ1) is 15.1. The molecule has 0 unspecified atom stereocenters. The molecule has 2 heterocycles. The Bertz CT molecular complexity index is 1090. The summed E-state index contributed by atoms with van der Waals surface area (Å²) >= 11 is 2.84. The van der Waals surface area contributed by atoms with Crippen LogP contribution in [-0.2, 0) is 11.2 Å². The van der Waals surface area contributed by atoms with Crippen molar-refractivity contribution in [1.82, 2.24) is 20.1 Å². The molecule has 0 radical (unpaired) electrons. The maximum Gasteiger partial charge on any atom is 0.277 e. The number of benzene rings is 2. The minimum absolute atomic E-state index is 0.0161. The zero-order chi connectivity index (χ0) is 21.6. The van der Waals surface area contributed by atoms with Crippen molar-refractivity contribution < 1.29 is 9.21 Å². The number of carbonyl (C=O) groups is 1. The highest BCUT2D eigenvalue weighted by atomic mass is 32.2. The topological polar surface area (TPSA) is 72.1 Å². The smallest absolute Gasteiger partial charge is 0.277 e. The predicted octanol–water partition coefficient (Wildman–Crippen LogP) is 4.77. The van der Waals surface area contributed by atoms with Crippen molar-refractivity contribution in [3.05, 3.63) is 93.8 Å². The zero-order valence-corrected chi connectivity index (χ0v) is 18.9. The summed E-state index contributed by atoms with van der Waals surface area (Å²) in [6, 6.07) is 19.9. The Labute approximate surface area is 189 Å². The maximum atomic E-state index is 13.0. The van der Waals surface area contributed by atoms with Crippen LogP contribution < -0.4 is 0 Å². The van der Waals surface area contributed by atoms with E-state index in [1.807, 2.05) is 80.0 Å². The number of thioether (sulfide) groups is 1. The summed E-state index contributed by atoms with van der Waals surface area (Å²) < 4.78 is 5.69. The van der Waals surface area contributed by atoms with Crippen LogP contribution in [0.4, 0.5) is 0 Å². The van der Waals surface area contributed by atoms with Gasteiger partial charge in [-0.25, -0.2) is 4.98 Å². The van der Waals surface area contributed by atoms with Crippen LogP contribution in [0.2, 0.25) is 0 Å². The molecule has 0 aliphatic heterocycles. The van der Waals surface area contributed by atoms with Gasteiger partial charge in [-0.2, -0.15) is 0 Å². The number of hydrogen-bond donors (Lipinski definition) is 0. The van der Waals surface area contributed by atoms with E-state index in [0.717, 1.165) is 21.8 Å². The van der Waals surface area contributed by atoms with Gasteiger partial charge in [0.1, 0.15) is 0 Å². The molecule has 0 saturated carbocycles. The Kier molecular flexibility index (Phi) is 6.79. The number of hydrogen-bond acceptors (Lipinski definition) is 7. The lowest BCUT2D eigenvalue weighted by Crippen LogP contribution is -2.33. The quantitative estimate of drug-likeness (QED) is 0.360. The summed E-state index contributed by atoms with van der Waals surface area (Å²) in [5, 5.41) is 11.5. The Morgan fingerprint density at radius 3 is 2.29 bits per heavy atom. The molecule has 0 spiro atoms. The van der Waals surface area contributed by atoms with Gasteiger partial charge in [-0.15, -0.1) is 21.5 Å². The summed E-state index contributed by atoms with van der Waals surface area (Å²) in [7, 11) is 1.83. The van der Waals surface area contributed by atoms with Gasteiger partial charge in [0.15, 0.2) is 0 Å². The summed E-state index contributed by atoms with van der Waals surface area (Å²) in [5.74, 6) is 0.696. The third kappa shape index (κ3) is 5.39. The highest BCUT2D eigenvalue weighted by Gasteiger charge is 2.24. The number of amides is 1. The van der Waals surface area contributed by atoms with Crippen molar-refractivity contribution in [2.45, 2.75) is 24.6 Å². The van der Waals surface area contributed by atoms with E-state index < -0.39 is 0 Å². The second-order valence-electron chi connectivity index (χ2n) is 7.01. The van der Waals surface area contributed by atoms with E-state index in [4.69, 9.17) is 4.42 Å². The monoisotopic (exact) mass is 450 g/mol. The molecule has 0 aliphatic carbocycles. The first-order valence-electron chi connectivity index (χ1n) is 9.82. The van der Waals surface area contributed by atoms with E-state index in [1.165, 1.54) is 11.8 Å². The van der Waals surface area contributed by atoms with Gasteiger partial charge in [0.25, 0.3) is 5.22 Å². The van der Waals surface area contributed by atoms with Gasteiger partial charge < -0.3 is 9.32 Å². The summed E-state index contributed by atoms with van der Waals surface area (Å²) in [5.41, 5.74) is 3.04. The fraction of sp³-hybridized carbons (Fsp3) is 0.217. The lowest BCUT2D eigenvalue weighted by Gasteiger charge is -2.29. The lowest BCUT2D eigenvalue weighted by molar-refractivity contribution is -0.128. The number of aryl methyl sites for hydroxylation is 1. The number of nitrogens with zero attached hydrogens (tertiary/aromatic N) is 4. The highest BCUT2D eigenvalue weighted by Crippen LogP contribution is 2.28. The van der Waals surface area contributed by atoms with Gasteiger partial charge in [-0.05, 0) is 18.1 Å². The van der Waals surface area contributed by atoms with E-state index in [0.29, 0.717) is 17.5 Å². The summed E-state index contributed by atoms with van der Waals surface area (Å²) in [4.78, 5) is 19.2. The molecular formula is C23H22N4O2S2. The van der Waals surface area contributed by atoms with Gasteiger partial charge in [0.05, 0.1) is 28.9 Å². The molecule has 4 aromatic rings. The molecule has 2 aromatic carbocycles. The Morgan fingerprint density at radius 1 is 1.06 bits per heavy atom.